The van der Waals surface area contributed by atoms with E-state index in [2.05, 4.69) is 20.5 Å². The summed E-state index contributed by atoms with van der Waals surface area (Å²) in [7, 11) is 0. The van der Waals surface area contributed by atoms with Gasteiger partial charge in [-0.2, -0.15) is 0 Å². The van der Waals surface area contributed by atoms with Crippen LogP contribution in [0.2, 0.25) is 5.02 Å². The van der Waals surface area contributed by atoms with E-state index in [0.29, 0.717) is 29.4 Å². The molecule has 20 heavy (non-hydrogen) atoms. The summed E-state index contributed by atoms with van der Waals surface area (Å²) in [6.07, 6.45) is 3.72. The number of aliphatic carboxylic acids is 1. The second-order valence-corrected chi connectivity index (χ2v) is 5.40. The lowest BCUT2D eigenvalue weighted by Crippen LogP contribution is -2.42. The van der Waals surface area contributed by atoms with Crippen LogP contribution in [0.15, 0.2) is 18.3 Å². The zero-order valence-electron chi connectivity index (χ0n) is 10.5. The van der Waals surface area contributed by atoms with Crippen molar-refractivity contribution in [1.82, 2.24) is 25.2 Å². The van der Waals surface area contributed by atoms with Crippen molar-refractivity contribution in [2.75, 3.05) is 0 Å². The molecule has 8 heteroatoms. The standard InChI is InChI=1S/C12H12ClN5O2/c13-8-2-3-9(14-6-8)10-15-16-17-18(10)7-12(11(19)20)4-1-5-12/h2-3,6H,1,4-5,7H2,(H,19,20). The Morgan fingerprint density at radius 2 is 2.25 bits per heavy atom. The van der Waals surface area contributed by atoms with Crippen LogP contribution in [0.3, 0.4) is 0 Å². The van der Waals surface area contributed by atoms with Gasteiger partial charge in [0.2, 0.25) is 5.82 Å². The highest BCUT2D eigenvalue weighted by Crippen LogP contribution is 2.42. The van der Waals surface area contributed by atoms with Gasteiger partial charge in [-0.1, -0.05) is 18.0 Å². The third kappa shape index (κ3) is 2.14. The van der Waals surface area contributed by atoms with Gasteiger partial charge in [0.25, 0.3) is 0 Å². The maximum Gasteiger partial charge on any atom is 0.311 e. The maximum absolute atomic E-state index is 11.4. The Hall–Kier alpha value is -2.02. The Bertz CT molecular complexity index is 636. The first-order chi connectivity index (χ1) is 9.61. The number of hydrogen-bond donors (Lipinski definition) is 1. The Morgan fingerprint density at radius 1 is 1.45 bits per heavy atom. The highest BCUT2D eigenvalue weighted by atomic mass is 35.5. The quantitative estimate of drug-likeness (QED) is 0.921. The molecule has 1 aliphatic rings. The summed E-state index contributed by atoms with van der Waals surface area (Å²) < 4.78 is 1.50. The van der Waals surface area contributed by atoms with Gasteiger partial charge in [0.15, 0.2) is 0 Å². The molecule has 7 nitrogen and oxygen atoms in total. The highest BCUT2D eigenvalue weighted by Gasteiger charge is 2.45. The molecular formula is C12H12ClN5O2. The van der Waals surface area contributed by atoms with Crippen molar-refractivity contribution in [2.24, 2.45) is 5.41 Å². The molecule has 0 spiro atoms. The molecule has 2 heterocycles. The van der Waals surface area contributed by atoms with Gasteiger partial charge in [-0.05, 0) is 35.4 Å². The lowest BCUT2D eigenvalue weighted by atomic mass is 9.69. The van der Waals surface area contributed by atoms with Crippen LogP contribution >= 0.6 is 11.6 Å². The second-order valence-electron chi connectivity index (χ2n) is 4.96. The smallest absolute Gasteiger partial charge is 0.311 e. The third-order valence-corrected chi connectivity index (χ3v) is 3.93. The van der Waals surface area contributed by atoms with Crippen molar-refractivity contribution >= 4 is 17.6 Å². The molecule has 1 N–H and O–H groups in total. The molecular weight excluding hydrogens is 282 g/mol. The van der Waals surface area contributed by atoms with Crippen LogP contribution in [0.1, 0.15) is 19.3 Å². The summed E-state index contributed by atoms with van der Waals surface area (Å²) in [6.45, 7) is 0.259. The van der Waals surface area contributed by atoms with E-state index >= 15 is 0 Å². The number of tetrazole rings is 1. The van der Waals surface area contributed by atoms with Gasteiger partial charge in [-0.15, -0.1) is 5.10 Å². The summed E-state index contributed by atoms with van der Waals surface area (Å²) in [4.78, 5) is 15.6. The van der Waals surface area contributed by atoms with Crippen molar-refractivity contribution < 1.29 is 9.90 Å². The first-order valence-electron chi connectivity index (χ1n) is 6.22. The Labute approximate surface area is 119 Å². The van der Waals surface area contributed by atoms with E-state index in [9.17, 15) is 9.90 Å². The maximum atomic E-state index is 11.4. The van der Waals surface area contributed by atoms with Gasteiger partial charge in [0.1, 0.15) is 5.69 Å². The van der Waals surface area contributed by atoms with E-state index in [-0.39, 0.29) is 6.54 Å². The van der Waals surface area contributed by atoms with Crippen LogP contribution in [0, 0.1) is 5.41 Å². The number of carboxylic acid groups (broad SMARTS) is 1. The molecule has 1 aliphatic carbocycles. The Balaban J connectivity index is 1.91. The second kappa shape index (κ2) is 4.82. The molecule has 0 radical (unpaired) electrons. The van der Waals surface area contributed by atoms with E-state index in [1.165, 1.54) is 10.9 Å². The summed E-state index contributed by atoms with van der Waals surface area (Å²) in [5, 5.41) is 21.3. The van der Waals surface area contributed by atoms with E-state index in [4.69, 9.17) is 11.6 Å². The third-order valence-electron chi connectivity index (χ3n) is 3.71. The van der Waals surface area contributed by atoms with Gasteiger partial charge in [-0.3, -0.25) is 9.78 Å². The van der Waals surface area contributed by atoms with Crippen molar-refractivity contribution in [3.8, 4) is 11.5 Å². The van der Waals surface area contributed by atoms with E-state index < -0.39 is 11.4 Å². The first-order valence-corrected chi connectivity index (χ1v) is 6.60. The molecule has 0 aromatic carbocycles. The fourth-order valence-corrected chi connectivity index (χ4v) is 2.44. The first kappa shape index (κ1) is 13.0. The van der Waals surface area contributed by atoms with E-state index in [1.807, 2.05) is 0 Å². The van der Waals surface area contributed by atoms with Gasteiger partial charge < -0.3 is 5.11 Å². The van der Waals surface area contributed by atoms with Crippen molar-refractivity contribution in [3.05, 3.63) is 23.4 Å². The molecule has 2 aromatic heterocycles. The van der Waals surface area contributed by atoms with Gasteiger partial charge >= 0.3 is 5.97 Å². The predicted octanol–water partition coefficient (Wildman–Crippen LogP) is 1.64. The molecule has 0 aliphatic heterocycles. The molecule has 0 amide bonds. The summed E-state index contributed by atoms with van der Waals surface area (Å²) in [5.74, 6) is -0.344. The number of hydrogen-bond acceptors (Lipinski definition) is 5. The summed E-state index contributed by atoms with van der Waals surface area (Å²) in [5.41, 5.74) is -0.185. The molecule has 0 atom stereocenters. The average molecular weight is 294 g/mol. The topological polar surface area (TPSA) is 93.8 Å². The fraction of sp³-hybridized carbons (Fsp3) is 0.417. The van der Waals surface area contributed by atoms with Gasteiger partial charge in [0.05, 0.1) is 17.0 Å². The molecule has 0 unspecified atom stereocenters. The number of aromatic nitrogens is 5. The summed E-state index contributed by atoms with van der Waals surface area (Å²) in [6, 6.07) is 3.40. The van der Waals surface area contributed by atoms with Crippen molar-refractivity contribution in [1.29, 1.82) is 0 Å². The Morgan fingerprint density at radius 3 is 2.80 bits per heavy atom. The van der Waals surface area contributed by atoms with E-state index in [0.717, 1.165) is 6.42 Å². The van der Waals surface area contributed by atoms with Crippen molar-refractivity contribution in [3.63, 3.8) is 0 Å². The lowest BCUT2D eigenvalue weighted by Gasteiger charge is -2.37. The molecule has 1 fully saturated rings. The molecule has 0 bridgehead atoms. The van der Waals surface area contributed by atoms with Crippen LogP contribution in [-0.2, 0) is 11.3 Å². The summed E-state index contributed by atoms with van der Waals surface area (Å²) >= 11 is 5.79. The largest absolute Gasteiger partial charge is 0.481 e. The Kier molecular flexibility index (Phi) is 3.13. The SMILES string of the molecule is O=C(O)C1(Cn2nnnc2-c2ccc(Cl)cn2)CCC1. The van der Waals surface area contributed by atoms with E-state index in [1.54, 1.807) is 12.1 Å². The number of halogens is 1. The van der Waals surface area contributed by atoms with Crippen LogP contribution in [0.4, 0.5) is 0 Å². The molecule has 1 saturated carbocycles. The van der Waals surface area contributed by atoms with Crippen LogP contribution < -0.4 is 0 Å². The minimum absolute atomic E-state index is 0.259. The number of pyridine rings is 1. The minimum atomic E-state index is -0.797. The normalized spacial score (nSPS) is 16.6. The molecule has 3 rings (SSSR count). The number of nitrogens with zero attached hydrogens (tertiary/aromatic N) is 5. The van der Waals surface area contributed by atoms with Gasteiger partial charge in [0, 0.05) is 6.20 Å². The molecule has 2 aromatic rings. The molecule has 104 valence electrons. The minimum Gasteiger partial charge on any atom is -0.481 e. The average Bonchev–Trinajstić information content (AvgIpc) is 2.82. The molecule has 0 saturated heterocycles. The van der Waals surface area contributed by atoms with Crippen molar-refractivity contribution in [2.45, 2.75) is 25.8 Å². The number of carbonyl (C=O) groups is 1. The number of carboxylic acids is 1. The fourth-order valence-electron chi connectivity index (χ4n) is 2.33. The zero-order chi connectivity index (χ0) is 14.2. The van der Waals surface area contributed by atoms with Crippen LogP contribution in [-0.4, -0.2) is 36.3 Å². The monoisotopic (exact) mass is 293 g/mol. The lowest BCUT2D eigenvalue weighted by molar-refractivity contribution is -0.156. The van der Waals surface area contributed by atoms with Gasteiger partial charge in [-0.25, -0.2) is 4.68 Å². The van der Waals surface area contributed by atoms with Crippen LogP contribution in [0.25, 0.3) is 11.5 Å². The predicted molar refractivity (Wildman–Crippen MR) is 70.0 cm³/mol. The zero-order valence-corrected chi connectivity index (χ0v) is 11.3. The highest BCUT2D eigenvalue weighted by molar-refractivity contribution is 6.30. The van der Waals surface area contributed by atoms with Crippen LogP contribution in [0.5, 0.6) is 0 Å². The number of rotatable bonds is 4.